The van der Waals surface area contributed by atoms with Gasteiger partial charge in [0, 0.05) is 19.0 Å². The van der Waals surface area contributed by atoms with E-state index in [0.717, 1.165) is 30.7 Å². The number of nitrogens with zero attached hydrogens (tertiary/aromatic N) is 2. The van der Waals surface area contributed by atoms with E-state index >= 15 is 0 Å². The van der Waals surface area contributed by atoms with Crippen LogP contribution in [0.3, 0.4) is 0 Å². The average molecular weight is 297 g/mol. The van der Waals surface area contributed by atoms with Crippen molar-refractivity contribution in [3.63, 3.8) is 0 Å². The first-order valence-electron chi connectivity index (χ1n) is 7.66. The van der Waals surface area contributed by atoms with Crippen LogP contribution >= 0.6 is 0 Å². The number of imidazole rings is 1. The molecule has 0 fully saturated rings. The molecule has 4 heteroatoms. The molecule has 1 aromatic heterocycles. The first-order chi connectivity index (χ1) is 10.8. The van der Waals surface area contributed by atoms with Crippen molar-refractivity contribution >= 4 is 11.0 Å². The number of rotatable bonds is 6. The highest BCUT2D eigenvalue weighted by Gasteiger charge is 2.10. The Bertz CT molecular complexity index is 750. The second-order valence-electron chi connectivity index (χ2n) is 5.44. The predicted molar refractivity (Wildman–Crippen MR) is 87.2 cm³/mol. The maximum absolute atomic E-state index is 13.4. The van der Waals surface area contributed by atoms with Crippen molar-refractivity contribution < 1.29 is 4.39 Å². The number of halogens is 1. The zero-order valence-electron chi connectivity index (χ0n) is 12.5. The highest BCUT2D eigenvalue weighted by Crippen LogP contribution is 2.19. The van der Waals surface area contributed by atoms with Crippen molar-refractivity contribution in [2.75, 3.05) is 6.54 Å². The summed E-state index contributed by atoms with van der Waals surface area (Å²) in [6.07, 6.45) is 2.75. The molecular weight excluding hydrogens is 277 g/mol. The lowest BCUT2D eigenvalue weighted by Gasteiger charge is -2.09. The van der Waals surface area contributed by atoms with E-state index in [1.807, 2.05) is 6.07 Å². The summed E-state index contributed by atoms with van der Waals surface area (Å²) in [5, 5.41) is 0. The van der Waals surface area contributed by atoms with E-state index in [0.29, 0.717) is 18.5 Å². The fraction of sp³-hybridized carbons (Fsp3) is 0.278. The van der Waals surface area contributed by atoms with Gasteiger partial charge in [0.25, 0.3) is 0 Å². The Morgan fingerprint density at radius 1 is 1.05 bits per heavy atom. The standard InChI is InChI=1S/C18H20FN3/c19-15-8-9-17-16(13-15)21-18(10-11-20)22(17)12-4-7-14-5-2-1-3-6-14/h1-3,5-6,8-9,13H,4,7,10-12,20H2. The summed E-state index contributed by atoms with van der Waals surface area (Å²) < 4.78 is 15.5. The summed E-state index contributed by atoms with van der Waals surface area (Å²) in [5.41, 5.74) is 8.70. The number of fused-ring (bicyclic) bond motifs is 1. The van der Waals surface area contributed by atoms with Gasteiger partial charge in [-0.3, -0.25) is 0 Å². The Kier molecular flexibility index (Phi) is 4.49. The molecule has 0 radical (unpaired) electrons. The van der Waals surface area contributed by atoms with Gasteiger partial charge in [-0.2, -0.15) is 0 Å². The van der Waals surface area contributed by atoms with Gasteiger partial charge in [0.05, 0.1) is 11.0 Å². The van der Waals surface area contributed by atoms with Crippen LogP contribution in [0.2, 0.25) is 0 Å². The maximum atomic E-state index is 13.4. The third-order valence-corrected chi connectivity index (χ3v) is 3.85. The number of aromatic nitrogens is 2. The molecule has 0 amide bonds. The molecule has 3 nitrogen and oxygen atoms in total. The molecule has 114 valence electrons. The number of nitrogens with two attached hydrogens (primary N) is 1. The van der Waals surface area contributed by atoms with Gasteiger partial charge in [0.1, 0.15) is 11.6 Å². The normalized spacial score (nSPS) is 11.2. The molecule has 0 saturated heterocycles. The topological polar surface area (TPSA) is 43.8 Å². The number of aryl methyl sites for hydroxylation is 2. The molecule has 0 atom stereocenters. The molecule has 0 unspecified atom stereocenters. The quantitative estimate of drug-likeness (QED) is 0.758. The number of hydrogen-bond donors (Lipinski definition) is 1. The van der Waals surface area contributed by atoms with Crippen molar-refractivity contribution in [3.05, 3.63) is 65.7 Å². The minimum absolute atomic E-state index is 0.249. The van der Waals surface area contributed by atoms with Gasteiger partial charge in [-0.05, 0) is 37.1 Å². The second kappa shape index (κ2) is 6.71. The summed E-state index contributed by atoms with van der Waals surface area (Å²) >= 11 is 0. The maximum Gasteiger partial charge on any atom is 0.125 e. The predicted octanol–water partition coefficient (Wildman–Crippen LogP) is 3.31. The molecular formula is C18H20FN3. The van der Waals surface area contributed by atoms with Crippen LogP contribution in [0.15, 0.2) is 48.5 Å². The molecule has 22 heavy (non-hydrogen) atoms. The van der Waals surface area contributed by atoms with Crippen molar-refractivity contribution in [2.45, 2.75) is 25.8 Å². The smallest absolute Gasteiger partial charge is 0.125 e. The molecule has 0 spiro atoms. The molecule has 0 aliphatic carbocycles. The lowest BCUT2D eigenvalue weighted by molar-refractivity contribution is 0.622. The van der Waals surface area contributed by atoms with Gasteiger partial charge >= 0.3 is 0 Å². The highest BCUT2D eigenvalue weighted by molar-refractivity contribution is 5.76. The Labute approximate surface area is 129 Å². The van der Waals surface area contributed by atoms with Crippen molar-refractivity contribution in [1.29, 1.82) is 0 Å². The molecule has 1 heterocycles. The first-order valence-corrected chi connectivity index (χ1v) is 7.66. The summed E-state index contributed by atoms with van der Waals surface area (Å²) in [7, 11) is 0. The molecule has 0 aliphatic heterocycles. The van der Waals surface area contributed by atoms with Gasteiger partial charge in [-0.15, -0.1) is 0 Å². The molecule has 2 aromatic carbocycles. The van der Waals surface area contributed by atoms with Crippen molar-refractivity contribution in [3.8, 4) is 0 Å². The van der Waals surface area contributed by atoms with Crippen LogP contribution < -0.4 is 5.73 Å². The van der Waals surface area contributed by atoms with Crippen LogP contribution in [-0.2, 0) is 19.4 Å². The van der Waals surface area contributed by atoms with Gasteiger partial charge in [-0.1, -0.05) is 30.3 Å². The van der Waals surface area contributed by atoms with E-state index in [1.54, 1.807) is 6.07 Å². The van der Waals surface area contributed by atoms with E-state index in [4.69, 9.17) is 5.73 Å². The Morgan fingerprint density at radius 3 is 2.64 bits per heavy atom. The van der Waals surface area contributed by atoms with Gasteiger partial charge in [-0.25, -0.2) is 9.37 Å². The van der Waals surface area contributed by atoms with E-state index < -0.39 is 0 Å². The average Bonchev–Trinajstić information content (AvgIpc) is 2.85. The van der Waals surface area contributed by atoms with Gasteiger partial charge in [0.15, 0.2) is 0 Å². The fourth-order valence-electron chi connectivity index (χ4n) is 2.81. The van der Waals surface area contributed by atoms with E-state index in [2.05, 4.69) is 33.8 Å². The summed E-state index contributed by atoms with van der Waals surface area (Å²) in [5.74, 6) is 0.692. The number of hydrogen-bond acceptors (Lipinski definition) is 2. The highest BCUT2D eigenvalue weighted by atomic mass is 19.1. The molecule has 0 aliphatic rings. The van der Waals surface area contributed by atoms with Crippen LogP contribution in [0.1, 0.15) is 17.8 Å². The lowest BCUT2D eigenvalue weighted by atomic mass is 10.1. The Balaban J connectivity index is 1.80. The second-order valence-corrected chi connectivity index (χ2v) is 5.44. The summed E-state index contributed by atoms with van der Waals surface area (Å²) in [6, 6.07) is 15.2. The van der Waals surface area contributed by atoms with Crippen LogP contribution in [0.5, 0.6) is 0 Å². The Morgan fingerprint density at radius 2 is 1.86 bits per heavy atom. The minimum Gasteiger partial charge on any atom is -0.330 e. The lowest BCUT2D eigenvalue weighted by Crippen LogP contribution is -2.10. The molecule has 0 bridgehead atoms. The van der Waals surface area contributed by atoms with Crippen LogP contribution in [0, 0.1) is 5.82 Å². The van der Waals surface area contributed by atoms with E-state index in [1.165, 1.54) is 17.7 Å². The summed E-state index contributed by atoms with van der Waals surface area (Å²) in [4.78, 5) is 4.53. The van der Waals surface area contributed by atoms with Crippen LogP contribution in [0.25, 0.3) is 11.0 Å². The zero-order valence-corrected chi connectivity index (χ0v) is 12.5. The monoisotopic (exact) mass is 297 g/mol. The van der Waals surface area contributed by atoms with Crippen LogP contribution in [0.4, 0.5) is 4.39 Å². The summed E-state index contributed by atoms with van der Waals surface area (Å²) in [6.45, 7) is 1.41. The third-order valence-electron chi connectivity index (χ3n) is 3.85. The van der Waals surface area contributed by atoms with Gasteiger partial charge < -0.3 is 10.3 Å². The van der Waals surface area contributed by atoms with E-state index in [-0.39, 0.29) is 5.82 Å². The molecule has 2 N–H and O–H groups in total. The largest absolute Gasteiger partial charge is 0.330 e. The molecule has 0 saturated carbocycles. The first kappa shape index (κ1) is 14.7. The third kappa shape index (κ3) is 3.17. The number of benzene rings is 2. The van der Waals surface area contributed by atoms with Gasteiger partial charge in [0.2, 0.25) is 0 Å². The molecule has 3 aromatic rings. The molecule has 3 rings (SSSR count). The fourth-order valence-corrected chi connectivity index (χ4v) is 2.81. The SMILES string of the molecule is NCCc1nc2cc(F)ccc2n1CCCc1ccccc1. The Hall–Kier alpha value is -2.20. The van der Waals surface area contributed by atoms with E-state index in [9.17, 15) is 4.39 Å². The minimum atomic E-state index is -0.249. The van der Waals surface area contributed by atoms with Crippen LogP contribution in [-0.4, -0.2) is 16.1 Å². The van der Waals surface area contributed by atoms with Crippen molar-refractivity contribution in [1.82, 2.24) is 9.55 Å². The van der Waals surface area contributed by atoms with Crippen molar-refractivity contribution in [2.24, 2.45) is 5.73 Å². The zero-order chi connectivity index (χ0) is 15.4.